The van der Waals surface area contributed by atoms with Gasteiger partial charge in [-0.15, -0.1) is 0 Å². The van der Waals surface area contributed by atoms with Crippen LogP contribution in [0.3, 0.4) is 0 Å². The third-order valence-corrected chi connectivity index (χ3v) is 17.4. The molecule has 0 spiro atoms. The molecule has 2 fully saturated rings. The zero-order valence-corrected chi connectivity index (χ0v) is 51.1. The van der Waals surface area contributed by atoms with Crippen molar-refractivity contribution in [2.24, 2.45) is 0 Å². The van der Waals surface area contributed by atoms with Crippen LogP contribution in [0.15, 0.2) is 260 Å². The minimum absolute atomic E-state index is 0.000788. The fourth-order valence-electron chi connectivity index (χ4n) is 11.5. The maximum absolute atomic E-state index is 14.9. The molecule has 0 aromatic heterocycles. The van der Waals surface area contributed by atoms with E-state index in [4.69, 9.17) is 63.7 Å². The summed E-state index contributed by atoms with van der Waals surface area (Å²) >= 11 is 7.75. The summed E-state index contributed by atoms with van der Waals surface area (Å²) in [6.07, 6.45) is -12.4. The highest BCUT2D eigenvalue weighted by molar-refractivity contribution is 7.99. The summed E-state index contributed by atoms with van der Waals surface area (Å²) in [7, 11) is 0. The summed E-state index contributed by atoms with van der Waals surface area (Å²) < 4.78 is 75.1. The summed E-state index contributed by atoms with van der Waals surface area (Å²) in [5, 5.41) is 0.515. The number of fused-ring (bicyclic) bond motifs is 3. The van der Waals surface area contributed by atoms with Gasteiger partial charge in [-0.2, -0.15) is 0 Å². The van der Waals surface area contributed by atoms with E-state index in [1.807, 2.05) is 170 Å². The Hall–Kier alpha value is -8.45. The first-order chi connectivity index (χ1) is 44.8. The Morgan fingerprint density at radius 3 is 1.33 bits per heavy atom. The summed E-state index contributed by atoms with van der Waals surface area (Å²) in [4.78, 5) is 44.7. The Bertz CT molecular complexity index is 3720. The number of halogens is 1. The summed E-state index contributed by atoms with van der Waals surface area (Å²) in [6.45, 7) is -0.198. The monoisotopic (exact) mass is 1260 g/mol. The fraction of sp³-hybridized carbons (Fsp3) is 0.240. The van der Waals surface area contributed by atoms with Gasteiger partial charge in [-0.3, -0.25) is 0 Å². The number of hydrogen-bond acceptors (Lipinski definition) is 15. The Morgan fingerprint density at radius 2 is 0.813 bits per heavy atom. The third kappa shape index (κ3) is 16.2. The second kappa shape index (κ2) is 31.0. The summed E-state index contributed by atoms with van der Waals surface area (Å²) in [6, 6.07) is 78.8. The molecule has 3 aliphatic rings. The normalized spacial score (nSPS) is 21.8. The minimum atomic E-state index is -1.63. The van der Waals surface area contributed by atoms with Gasteiger partial charge in [-0.1, -0.05) is 230 Å². The number of thioether (sulfide) groups is 1. The molecular formula is C75H67ClO14S. The lowest BCUT2D eigenvalue weighted by Gasteiger charge is -2.49. The highest BCUT2D eigenvalue weighted by atomic mass is 35.5. The number of ether oxygens (including phenoxy) is 11. The van der Waals surface area contributed by atoms with Crippen molar-refractivity contribution in [3.05, 3.63) is 304 Å². The van der Waals surface area contributed by atoms with E-state index in [1.165, 1.54) is 11.8 Å². The van der Waals surface area contributed by atoms with E-state index in [2.05, 4.69) is 12.1 Å². The smallest absolute Gasteiger partial charge is 0.452 e. The van der Waals surface area contributed by atoms with Crippen molar-refractivity contribution in [1.82, 2.24) is 0 Å². The zero-order chi connectivity index (χ0) is 62.1. The van der Waals surface area contributed by atoms with Gasteiger partial charge in [0.2, 0.25) is 0 Å². The number of rotatable bonds is 25. The highest BCUT2D eigenvalue weighted by Gasteiger charge is 2.56. The average molecular weight is 1260 g/mol. The van der Waals surface area contributed by atoms with Crippen molar-refractivity contribution in [3.8, 4) is 11.1 Å². The van der Waals surface area contributed by atoms with Crippen LogP contribution in [0.2, 0.25) is 5.02 Å². The van der Waals surface area contributed by atoms with Crippen LogP contribution in [0, 0.1) is 0 Å². The fourth-order valence-corrected chi connectivity index (χ4v) is 12.7. The van der Waals surface area contributed by atoms with E-state index in [-0.39, 0.29) is 56.7 Å². The Morgan fingerprint density at radius 1 is 0.396 bits per heavy atom. The molecule has 0 unspecified atom stereocenters. The van der Waals surface area contributed by atoms with E-state index < -0.39 is 85.3 Å². The topological polar surface area (TPSA) is 153 Å². The second-order valence-corrected chi connectivity index (χ2v) is 23.7. The lowest BCUT2D eigenvalue weighted by Crippen LogP contribution is -2.66. The maximum Gasteiger partial charge on any atom is 0.508 e. The molecule has 10 atom stereocenters. The number of esters is 2. The van der Waals surface area contributed by atoms with Crippen molar-refractivity contribution in [2.45, 2.75) is 97.8 Å². The van der Waals surface area contributed by atoms with Crippen molar-refractivity contribution >= 4 is 41.5 Å². The van der Waals surface area contributed by atoms with E-state index in [9.17, 15) is 14.4 Å². The van der Waals surface area contributed by atoms with Crippen LogP contribution < -0.4 is 0 Å². The predicted octanol–water partition coefficient (Wildman–Crippen LogP) is 14.7. The van der Waals surface area contributed by atoms with Crippen LogP contribution in [-0.4, -0.2) is 98.5 Å². The largest absolute Gasteiger partial charge is 0.508 e. The Kier molecular flexibility index (Phi) is 21.4. The maximum atomic E-state index is 14.9. The molecule has 1 aliphatic carbocycles. The number of carbonyl (C=O) groups excluding carboxylic acids is 3. The lowest BCUT2D eigenvalue weighted by molar-refractivity contribution is -0.348. The quantitative estimate of drug-likeness (QED) is 0.0394. The van der Waals surface area contributed by atoms with Gasteiger partial charge in [0.05, 0.1) is 44.2 Å². The molecule has 16 heteroatoms. The van der Waals surface area contributed by atoms with Gasteiger partial charge in [0.25, 0.3) is 0 Å². The van der Waals surface area contributed by atoms with Crippen LogP contribution in [0.25, 0.3) is 11.1 Å². The SMILES string of the molecule is O=C(OCC1c2ccccc2-c2ccccc21)OC[C@H]1O[C@@H](O[C@@H]2[C@@H](OC(=O)c3ccccc3)[C@H](Sc3ccc(Cl)cc3)O[C@H](COCc3ccccc3)[C@H]2OCc2ccccc2)[C@H](OC(=O)c2ccccc2)[C@@H](OCc2ccccc2)[C@@H]1OCc1ccccc1. The van der Waals surface area contributed by atoms with Crippen molar-refractivity contribution in [3.63, 3.8) is 0 Å². The first kappa shape index (κ1) is 62.7. The minimum Gasteiger partial charge on any atom is -0.452 e. The van der Waals surface area contributed by atoms with Gasteiger partial charge >= 0.3 is 18.1 Å². The van der Waals surface area contributed by atoms with E-state index in [1.54, 1.807) is 72.8 Å². The van der Waals surface area contributed by atoms with Crippen molar-refractivity contribution < 1.29 is 66.5 Å². The van der Waals surface area contributed by atoms with Crippen molar-refractivity contribution in [1.29, 1.82) is 0 Å². The van der Waals surface area contributed by atoms with E-state index in [0.717, 1.165) is 49.4 Å². The van der Waals surface area contributed by atoms with Gasteiger partial charge < -0.3 is 52.1 Å². The third-order valence-electron chi connectivity index (χ3n) is 16.0. The van der Waals surface area contributed by atoms with Gasteiger partial charge in [-0.05, 0) is 93.0 Å². The molecule has 0 saturated carbocycles. The van der Waals surface area contributed by atoms with Crippen LogP contribution >= 0.6 is 23.4 Å². The van der Waals surface area contributed by atoms with Crippen LogP contribution in [-0.2, 0) is 78.5 Å². The van der Waals surface area contributed by atoms with Crippen molar-refractivity contribution in [2.75, 3.05) is 19.8 Å². The Balaban J connectivity index is 0.956. The van der Waals surface area contributed by atoms with E-state index in [0.29, 0.717) is 5.02 Å². The Labute approximate surface area is 538 Å². The van der Waals surface area contributed by atoms with Gasteiger partial charge in [0, 0.05) is 15.8 Å². The zero-order valence-electron chi connectivity index (χ0n) is 49.6. The molecule has 9 aromatic carbocycles. The molecule has 9 aromatic rings. The summed E-state index contributed by atoms with van der Waals surface area (Å²) in [5.74, 6) is -1.67. The molecule has 2 aliphatic heterocycles. The molecule has 91 heavy (non-hydrogen) atoms. The van der Waals surface area contributed by atoms with Crippen LogP contribution in [0.4, 0.5) is 4.79 Å². The number of benzene rings is 9. The molecule has 2 heterocycles. The van der Waals surface area contributed by atoms with Crippen LogP contribution in [0.1, 0.15) is 60.0 Å². The first-order valence-electron chi connectivity index (χ1n) is 30.2. The molecule has 0 bridgehead atoms. The highest BCUT2D eigenvalue weighted by Crippen LogP contribution is 2.45. The molecule has 0 amide bonds. The van der Waals surface area contributed by atoms with Crippen LogP contribution in [0.5, 0.6) is 0 Å². The standard InChI is InChI=1S/C75H67ClO14S/c76-56-39-41-57(42-40-56)91-74-70(89-72(78)55-33-17-6-18-34-55)68(66(82-45-52-27-11-3-12-28-52)63(87-74)48-80-43-50-23-7-1-8-24-50)90-73-69(88-71(77)54-31-15-5-16-32-54)67(83-46-53-29-13-4-14-30-53)65(81-44-51-25-9-2-10-26-51)64(86-73)49-85-75(79)84-47-62-60-37-21-19-35-58(60)59-36-20-22-38-61(59)62/h1-42,62-70,73-74H,43-49H2/t63-,64-,65-,66-,67+,68+,69-,70-,73+,74+/m1/s1. The van der Waals surface area contributed by atoms with Gasteiger partial charge in [-0.25, -0.2) is 14.4 Å². The molecule has 464 valence electrons. The van der Waals surface area contributed by atoms with Gasteiger partial charge in [0.15, 0.2) is 18.5 Å². The second-order valence-electron chi connectivity index (χ2n) is 22.1. The first-order valence-corrected chi connectivity index (χ1v) is 31.5. The lowest BCUT2D eigenvalue weighted by atomic mass is 9.96. The molecule has 2 saturated heterocycles. The average Bonchev–Trinajstić information content (AvgIpc) is 2.11. The molecule has 14 nitrogen and oxygen atoms in total. The number of carbonyl (C=O) groups is 3. The molecular weight excluding hydrogens is 1190 g/mol. The molecule has 12 rings (SSSR count). The number of hydrogen-bond donors (Lipinski definition) is 0. The van der Waals surface area contributed by atoms with E-state index >= 15 is 0 Å². The van der Waals surface area contributed by atoms with Gasteiger partial charge in [0.1, 0.15) is 55.3 Å². The molecule has 0 radical (unpaired) electrons. The predicted molar refractivity (Wildman–Crippen MR) is 343 cm³/mol. The molecule has 0 N–H and O–H groups in total. The summed E-state index contributed by atoms with van der Waals surface area (Å²) in [5.41, 5.74) is 6.99.